The van der Waals surface area contributed by atoms with Crippen LogP contribution in [0.4, 0.5) is 5.82 Å². The second-order valence-electron chi connectivity index (χ2n) is 8.35. The van der Waals surface area contributed by atoms with Crippen molar-refractivity contribution in [2.24, 2.45) is 0 Å². The molecule has 0 unspecified atom stereocenters. The summed E-state index contributed by atoms with van der Waals surface area (Å²) in [6.45, 7) is 0.832. The zero-order valence-corrected chi connectivity index (χ0v) is 19.4. The molecule has 1 fully saturated rings. The van der Waals surface area contributed by atoms with E-state index in [0.29, 0.717) is 31.1 Å². The molecule has 0 aliphatic carbocycles. The van der Waals surface area contributed by atoms with Gasteiger partial charge in [0.15, 0.2) is 0 Å². The Morgan fingerprint density at radius 1 is 1.06 bits per heavy atom. The third kappa shape index (κ3) is 4.15. The number of hydrogen-bond acceptors (Lipinski definition) is 6. The maximum absolute atomic E-state index is 13.0. The molecule has 8 nitrogen and oxygen atoms in total. The van der Waals surface area contributed by atoms with Gasteiger partial charge < -0.3 is 15.4 Å². The van der Waals surface area contributed by atoms with Crippen molar-refractivity contribution < 1.29 is 17.9 Å². The van der Waals surface area contributed by atoms with E-state index in [2.05, 4.69) is 9.71 Å². The van der Waals surface area contributed by atoms with Crippen LogP contribution in [0.1, 0.15) is 12.0 Å². The summed E-state index contributed by atoms with van der Waals surface area (Å²) in [7, 11) is -2.32. The monoisotopic (exact) mass is 476 g/mol. The molecule has 1 aromatic heterocycles. The van der Waals surface area contributed by atoms with E-state index in [-0.39, 0.29) is 10.8 Å². The summed E-state index contributed by atoms with van der Waals surface area (Å²) in [5.41, 5.74) is 6.89. The maximum Gasteiger partial charge on any atom is 0.241 e. The third-order valence-electron chi connectivity index (χ3n) is 6.16. The van der Waals surface area contributed by atoms with Crippen LogP contribution < -0.4 is 15.2 Å². The van der Waals surface area contributed by atoms with Crippen LogP contribution in [0.25, 0.3) is 21.5 Å². The molecule has 174 valence electrons. The standard InChI is InChI=1S/C25H24N4O4S/c1-33-20-6-4-17-5-7-21(14-19(17)13-20)34(31,32)28-23-9-11-29(25(23)30)15-16-2-3-18-8-10-27-24(26)22(18)12-16/h2-8,10,12-14,23,28H,9,11,15H2,1H3,(H2,26,27)/t23-/m1/s1. The fraction of sp³-hybridized carbons (Fsp3) is 0.200. The molecule has 0 radical (unpaired) electrons. The molecule has 0 spiro atoms. The third-order valence-corrected chi connectivity index (χ3v) is 7.63. The van der Waals surface area contributed by atoms with Crippen molar-refractivity contribution in [1.82, 2.24) is 14.6 Å². The topological polar surface area (TPSA) is 115 Å². The molecule has 0 saturated carbocycles. The molecular formula is C25H24N4O4S. The minimum absolute atomic E-state index is 0.108. The number of hydrogen-bond donors (Lipinski definition) is 2. The Kier molecular flexibility index (Phi) is 5.59. The average Bonchev–Trinajstić information content (AvgIpc) is 3.17. The van der Waals surface area contributed by atoms with Crippen molar-refractivity contribution in [1.29, 1.82) is 0 Å². The summed E-state index contributed by atoms with van der Waals surface area (Å²) in [6.07, 6.45) is 2.06. The molecule has 34 heavy (non-hydrogen) atoms. The Hall–Kier alpha value is -3.69. The predicted octanol–water partition coefficient (Wildman–Crippen LogP) is 3.06. The summed E-state index contributed by atoms with van der Waals surface area (Å²) >= 11 is 0. The number of likely N-dealkylation sites (tertiary alicyclic amines) is 1. The molecule has 1 saturated heterocycles. The van der Waals surface area contributed by atoms with Gasteiger partial charge in [-0.15, -0.1) is 0 Å². The van der Waals surface area contributed by atoms with E-state index in [1.165, 1.54) is 0 Å². The lowest BCUT2D eigenvalue weighted by Gasteiger charge is -2.18. The first-order valence-electron chi connectivity index (χ1n) is 10.9. The molecule has 9 heteroatoms. The highest BCUT2D eigenvalue weighted by molar-refractivity contribution is 7.89. The number of benzene rings is 3. The Labute approximate surface area is 197 Å². The number of nitrogen functional groups attached to an aromatic ring is 1. The minimum atomic E-state index is -3.88. The van der Waals surface area contributed by atoms with E-state index in [0.717, 1.165) is 27.1 Å². The molecule has 1 amide bonds. The van der Waals surface area contributed by atoms with E-state index in [9.17, 15) is 13.2 Å². The number of carbonyl (C=O) groups excluding carboxylic acids is 1. The average molecular weight is 477 g/mol. The summed E-state index contributed by atoms with van der Waals surface area (Å²) in [5, 5.41) is 3.44. The summed E-state index contributed by atoms with van der Waals surface area (Å²) in [4.78, 5) is 18.9. The predicted molar refractivity (Wildman–Crippen MR) is 131 cm³/mol. The maximum atomic E-state index is 13.0. The molecule has 1 aliphatic heterocycles. The van der Waals surface area contributed by atoms with E-state index in [4.69, 9.17) is 10.5 Å². The van der Waals surface area contributed by atoms with Crippen molar-refractivity contribution in [2.75, 3.05) is 19.4 Å². The van der Waals surface area contributed by atoms with Crippen LogP contribution in [-0.2, 0) is 21.4 Å². The summed E-state index contributed by atoms with van der Waals surface area (Å²) in [5.74, 6) is 0.832. The van der Waals surface area contributed by atoms with Gasteiger partial charge in [-0.25, -0.2) is 13.4 Å². The number of fused-ring (bicyclic) bond motifs is 2. The number of nitrogens with two attached hydrogens (primary N) is 1. The molecule has 0 bridgehead atoms. The van der Waals surface area contributed by atoms with Gasteiger partial charge in [0.2, 0.25) is 15.9 Å². The fourth-order valence-electron chi connectivity index (χ4n) is 4.31. The second-order valence-corrected chi connectivity index (χ2v) is 10.1. The van der Waals surface area contributed by atoms with Crippen LogP contribution in [0.15, 0.2) is 71.8 Å². The number of rotatable bonds is 6. The lowest BCUT2D eigenvalue weighted by atomic mass is 10.1. The van der Waals surface area contributed by atoms with Gasteiger partial charge in [0, 0.05) is 24.7 Å². The van der Waals surface area contributed by atoms with Gasteiger partial charge in [-0.1, -0.05) is 24.3 Å². The molecule has 4 aromatic rings. The van der Waals surface area contributed by atoms with E-state index < -0.39 is 16.1 Å². The van der Waals surface area contributed by atoms with Crippen LogP contribution in [0.3, 0.4) is 0 Å². The smallest absolute Gasteiger partial charge is 0.241 e. The van der Waals surface area contributed by atoms with Gasteiger partial charge in [-0.3, -0.25) is 4.79 Å². The minimum Gasteiger partial charge on any atom is -0.497 e. The van der Waals surface area contributed by atoms with Gasteiger partial charge in [0.05, 0.1) is 12.0 Å². The molecule has 1 atom stereocenters. The lowest BCUT2D eigenvalue weighted by Crippen LogP contribution is -2.41. The van der Waals surface area contributed by atoms with E-state index in [1.54, 1.807) is 42.5 Å². The zero-order valence-electron chi connectivity index (χ0n) is 18.6. The molecule has 3 aromatic carbocycles. The number of carbonyl (C=O) groups is 1. The number of anilines is 1. The molecule has 2 heterocycles. The van der Waals surface area contributed by atoms with Crippen molar-refractivity contribution in [3.8, 4) is 5.75 Å². The van der Waals surface area contributed by atoms with Crippen LogP contribution in [-0.4, -0.2) is 43.9 Å². The van der Waals surface area contributed by atoms with Gasteiger partial charge in [-0.05, 0) is 64.5 Å². The van der Waals surface area contributed by atoms with Crippen molar-refractivity contribution in [3.63, 3.8) is 0 Å². The van der Waals surface area contributed by atoms with Gasteiger partial charge >= 0.3 is 0 Å². The highest BCUT2D eigenvalue weighted by atomic mass is 32.2. The number of sulfonamides is 1. The van der Waals surface area contributed by atoms with Crippen molar-refractivity contribution in [3.05, 3.63) is 72.4 Å². The Balaban J connectivity index is 1.32. The quantitative estimate of drug-likeness (QED) is 0.442. The Morgan fingerprint density at radius 3 is 2.68 bits per heavy atom. The van der Waals surface area contributed by atoms with E-state index >= 15 is 0 Å². The normalized spacial score (nSPS) is 16.4. The molecular weight excluding hydrogens is 452 g/mol. The van der Waals surface area contributed by atoms with E-state index in [1.807, 2.05) is 36.4 Å². The molecule has 5 rings (SSSR count). The van der Waals surface area contributed by atoms with Gasteiger partial charge in [0.25, 0.3) is 0 Å². The van der Waals surface area contributed by atoms with Crippen LogP contribution in [0.2, 0.25) is 0 Å². The number of pyridine rings is 1. The van der Waals surface area contributed by atoms with Gasteiger partial charge in [-0.2, -0.15) is 4.72 Å². The molecule has 3 N–H and O–H groups in total. The lowest BCUT2D eigenvalue weighted by molar-refractivity contribution is -0.129. The Morgan fingerprint density at radius 2 is 1.85 bits per heavy atom. The summed E-state index contributed by atoms with van der Waals surface area (Å²) in [6, 6.07) is 17.2. The zero-order chi connectivity index (χ0) is 23.9. The largest absolute Gasteiger partial charge is 0.497 e. The van der Waals surface area contributed by atoms with Crippen LogP contribution in [0, 0.1) is 0 Å². The molecule has 1 aliphatic rings. The number of nitrogens with zero attached hydrogens (tertiary/aromatic N) is 2. The fourth-order valence-corrected chi connectivity index (χ4v) is 5.57. The first-order chi connectivity index (χ1) is 16.3. The van der Waals surface area contributed by atoms with Gasteiger partial charge in [0.1, 0.15) is 17.6 Å². The number of methoxy groups -OCH3 is 1. The second kappa shape index (κ2) is 8.58. The first kappa shape index (κ1) is 22.1. The van der Waals surface area contributed by atoms with Crippen LogP contribution in [0.5, 0.6) is 5.75 Å². The number of nitrogens with one attached hydrogen (secondary N) is 1. The first-order valence-corrected chi connectivity index (χ1v) is 12.3. The van der Waals surface area contributed by atoms with Crippen molar-refractivity contribution in [2.45, 2.75) is 23.9 Å². The summed E-state index contributed by atoms with van der Waals surface area (Å²) < 4.78 is 33.9. The Bertz CT molecular complexity index is 1520. The number of ether oxygens (including phenoxy) is 1. The van der Waals surface area contributed by atoms with Crippen molar-refractivity contribution >= 4 is 43.3 Å². The highest BCUT2D eigenvalue weighted by Gasteiger charge is 2.35. The number of amides is 1. The highest BCUT2D eigenvalue weighted by Crippen LogP contribution is 2.26. The SMILES string of the molecule is COc1ccc2ccc(S(=O)(=O)N[C@@H]3CCN(Cc4ccc5ccnc(N)c5c4)C3=O)cc2c1. The number of aromatic nitrogens is 1. The van der Waals surface area contributed by atoms with Crippen LogP contribution >= 0.6 is 0 Å².